The van der Waals surface area contributed by atoms with Crippen LogP contribution >= 0.6 is 0 Å². The molecule has 0 aliphatic heterocycles. The minimum atomic E-state index is -0.350. The highest BCUT2D eigenvalue weighted by molar-refractivity contribution is 5.86. The van der Waals surface area contributed by atoms with Crippen LogP contribution < -0.4 is 5.32 Å². The minimum absolute atomic E-state index is 0.105. The van der Waals surface area contributed by atoms with Crippen LogP contribution in [0.1, 0.15) is 19.8 Å². The van der Waals surface area contributed by atoms with Crippen LogP contribution in [0.4, 0.5) is 0 Å². The molecule has 4 nitrogen and oxygen atoms in total. The largest absolute Gasteiger partial charge is 0.466 e. The number of ether oxygens (including phenoxy) is 1. The van der Waals surface area contributed by atoms with Gasteiger partial charge >= 0.3 is 5.97 Å². The molecule has 0 aromatic carbocycles. The molecule has 0 saturated heterocycles. The van der Waals surface area contributed by atoms with Gasteiger partial charge in [0.25, 0.3) is 0 Å². The maximum Gasteiger partial charge on any atom is 0.310 e. The molecule has 1 fully saturated rings. The van der Waals surface area contributed by atoms with Gasteiger partial charge in [0, 0.05) is 7.05 Å². The van der Waals surface area contributed by atoms with E-state index in [2.05, 4.69) is 11.9 Å². The van der Waals surface area contributed by atoms with Gasteiger partial charge < -0.3 is 10.1 Å². The molecule has 1 N–H and O–H groups in total. The zero-order chi connectivity index (χ0) is 11.4. The molecule has 1 unspecified atom stereocenters. The van der Waals surface area contributed by atoms with Gasteiger partial charge in [-0.2, -0.15) is 0 Å². The van der Waals surface area contributed by atoms with Gasteiger partial charge in [-0.25, -0.2) is 0 Å². The first-order valence-corrected chi connectivity index (χ1v) is 5.15. The van der Waals surface area contributed by atoms with Crippen LogP contribution in [-0.4, -0.2) is 25.5 Å². The van der Waals surface area contributed by atoms with Gasteiger partial charge in [-0.3, -0.25) is 9.59 Å². The van der Waals surface area contributed by atoms with Crippen molar-refractivity contribution in [3.05, 3.63) is 12.2 Å². The quantitative estimate of drug-likeness (QED) is 0.557. The SMILES string of the molecule is C=C1CC(C(=O)NC)[C@@H](C(=O)OCC)C1. The second-order valence-corrected chi connectivity index (χ2v) is 3.74. The molecule has 0 heterocycles. The third-order valence-corrected chi connectivity index (χ3v) is 2.68. The zero-order valence-corrected chi connectivity index (χ0v) is 9.21. The monoisotopic (exact) mass is 211 g/mol. The maximum atomic E-state index is 11.6. The van der Waals surface area contributed by atoms with Crippen molar-refractivity contribution < 1.29 is 14.3 Å². The molecule has 1 amide bonds. The van der Waals surface area contributed by atoms with Crippen LogP contribution in [0.5, 0.6) is 0 Å². The van der Waals surface area contributed by atoms with Crippen LogP contribution in [-0.2, 0) is 14.3 Å². The molecule has 0 aromatic heterocycles. The average Bonchev–Trinajstić information content (AvgIpc) is 2.59. The van der Waals surface area contributed by atoms with Crippen molar-refractivity contribution in [3.8, 4) is 0 Å². The normalized spacial score (nSPS) is 25.1. The highest BCUT2D eigenvalue weighted by Gasteiger charge is 2.39. The maximum absolute atomic E-state index is 11.6. The van der Waals surface area contributed by atoms with Crippen LogP contribution in [0.25, 0.3) is 0 Å². The van der Waals surface area contributed by atoms with E-state index < -0.39 is 0 Å². The lowest BCUT2D eigenvalue weighted by molar-refractivity contribution is -0.151. The lowest BCUT2D eigenvalue weighted by Crippen LogP contribution is -2.33. The Morgan fingerprint density at radius 1 is 1.47 bits per heavy atom. The van der Waals surface area contributed by atoms with E-state index in [1.807, 2.05) is 0 Å². The summed E-state index contributed by atoms with van der Waals surface area (Å²) in [6.07, 6.45) is 1.15. The lowest BCUT2D eigenvalue weighted by atomic mass is 9.95. The number of hydrogen-bond acceptors (Lipinski definition) is 3. The van der Waals surface area contributed by atoms with Gasteiger partial charge in [0.15, 0.2) is 0 Å². The fourth-order valence-electron chi connectivity index (χ4n) is 1.95. The van der Waals surface area contributed by atoms with Crippen molar-refractivity contribution in [2.75, 3.05) is 13.7 Å². The molecule has 0 aromatic rings. The minimum Gasteiger partial charge on any atom is -0.466 e. The molecule has 0 radical (unpaired) electrons. The molecule has 1 rings (SSSR count). The Bertz CT molecular complexity index is 286. The number of nitrogens with one attached hydrogen (secondary N) is 1. The Labute approximate surface area is 89.7 Å². The fourth-order valence-corrected chi connectivity index (χ4v) is 1.95. The van der Waals surface area contributed by atoms with Crippen LogP contribution in [0.2, 0.25) is 0 Å². The van der Waals surface area contributed by atoms with Crippen molar-refractivity contribution >= 4 is 11.9 Å². The topological polar surface area (TPSA) is 55.4 Å². The van der Waals surface area contributed by atoms with E-state index >= 15 is 0 Å². The van der Waals surface area contributed by atoms with Crippen molar-refractivity contribution in [2.24, 2.45) is 11.8 Å². The van der Waals surface area contributed by atoms with Crippen LogP contribution in [0, 0.1) is 11.8 Å². The van der Waals surface area contributed by atoms with E-state index in [-0.39, 0.29) is 23.7 Å². The summed E-state index contributed by atoms with van der Waals surface area (Å²) in [6, 6.07) is 0. The van der Waals surface area contributed by atoms with E-state index in [9.17, 15) is 9.59 Å². The Balaban J connectivity index is 2.72. The Morgan fingerprint density at radius 2 is 2.07 bits per heavy atom. The van der Waals surface area contributed by atoms with E-state index in [1.165, 1.54) is 0 Å². The fraction of sp³-hybridized carbons (Fsp3) is 0.636. The molecular weight excluding hydrogens is 194 g/mol. The second kappa shape index (κ2) is 4.96. The van der Waals surface area contributed by atoms with Crippen molar-refractivity contribution in [3.63, 3.8) is 0 Å². The molecule has 2 atom stereocenters. The molecule has 1 aliphatic rings. The molecular formula is C11H17NO3. The molecule has 4 heteroatoms. The summed E-state index contributed by atoms with van der Waals surface area (Å²) in [6.45, 7) is 5.94. The summed E-state index contributed by atoms with van der Waals surface area (Å²) >= 11 is 0. The van der Waals surface area contributed by atoms with Gasteiger partial charge in [0.2, 0.25) is 5.91 Å². The van der Waals surface area contributed by atoms with Crippen LogP contribution in [0.3, 0.4) is 0 Å². The van der Waals surface area contributed by atoms with Gasteiger partial charge in [-0.15, -0.1) is 0 Å². The number of allylic oxidation sites excluding steroid dienone is 1. The van der Waals surface area contributed by atoms with E-state index in [1.54, 1.807) is 14.0 Å². The standard InChI is InChI=1S/C11H17NO3/c1-4-15-11(14)9-6-7(2)5-8(9)10(13)12-3/h8-9H,2,4-6H2,1,3H3,(H,12,13)/t8?,9-/m0/s1. The number of carbonyl (C=O) groups is 2. The number of amides is 1. The highest BCUT2D eigenvalue weighted by atomic mass is 16.5. The van der Waals surface area contributed by atoms with Gasteiger partial charge in [-0.1, -0.05) is 12.2 Å². The van der Waals surface area contributed by atoms with Gasteiger partial charge in [-0.05, 0) is 19.8 Å². The Morgan fingerprint density at radius 3 is 2.60 bits per heavy atom. The first-order valence-electron chi connectivity index (χ1n) is 5.15. The second-order valence-electron chi connectivity index (χ2n) is 3.74. The van der Waals surface area contributed by atoms with Crippen LogP contribution in [0.15, 0.2) is 12.2 Å². The summed E-state index contributed by atoms with van der Waals surface area (Å²) in [5.41, 5.74) is 0.946. The zero-order valence-electron chi connectivity index (χ0n) is 9.21. The van der Waals surface area contributed by atoms with Gasteiger partial charge in [0.05, 0.1) is 18.4 Å². The van der Waals surface area contributed by atoms with E-state index in [0.29, 0.717) is 19.4 Å². The lowest BCUT2D eigenvalue weighted by Gasteiger charge is -2.15. The average molecular weight is 211 g/mol. The van der Waals surface area contributed by atoms with Crippen molar-refractivity contribution in [1.82, 2.24) is 5.32 Å². The third-order valence-electron chi connectivity index (χ3n) is 2.68. The Kier molecular flexibility index (Phi) is 3.88. The summed E-state index contributed by atoms with van der Waals surface area (Å²) in [5, 5.41) is 2.57. The summed E-state index contributed by atoms with van der Waals surface area (Å²) in [4.78, 5) is 23.1. The molecule has 0 spiro atoms. The number of hydrogen-bond donors (Lipinski definition) is 1. The van der Waals surface area contributed by atoms with E-state index in [0.717, 1.165) is 5.57 Å². The van der Waals surface area contributed by atoms with E-state index in [4.69, 9.17) is 4.74 Å². The number of rotatable bonds is 3. The summed E-state index contributed by atoms with van der Waals surface area (Å²) in [5.74, 6) is -1.05. The summed E-state index contributed by atoms with van der Waals surface area (Å²) < 4.78 is 4.94. The Hall–Kier alpha value is -1.32. The predicted molar refractivity (Wildman–Crippen MR) is 56.1 cm³/mol. The van der Waals surface area contributed by atoms with Gasteiger partial charge in [0.1, 0.15) is 0 Å². The molecule has 0 bridgehead atoms. The first-order chi connectivity index (χ1) is 7.10. The number of esters is 1. The molecule has 84 valence electrons. The highest BCUT2D eigenvalue weighted by Crippen LogP contribution is 2.35. The predicted octanol–water partition coefficient (Wildman–Crippen LogP) is 0.878. The molecule has 1 saturated carbocycles. The summed E-state index contributed by atoms with van der Waals surface area (Å²) in [7, 11) is 1.58. The smallest absolute Gasteiger partial charge is 0.310 e. The number of carbonyl (C=O) groups excluding carboxylic acids is 2. The first kappa shape index (κ1) is 11.8. The molecule has 15 heavy (non-hydrogen) atoms. The molecule has 1 aliphatic carbocycles. The van der Waals surface area contributed by atoms with Crippen molar-refractivity contribution in [1.29, 1.82) is 0 Å². The third kappa shape index (κ3) is 2.58. The van der Waals surface area contributed by atoms with Crippen molar-refractivity contribution in [2.45, 2.75) is 19.8 Å².